The lowest BCUT2D eigenvalue weighted by atomic mass is 9.97. The minimum atomic E-state index is -0.250. The Hall–Kier alpha value is -2.40. The van der Waals surface area contributed by atoms with E-state index in [1.807, 2.05) is 22.7 Å². The van der Waals surface area contributed by atoms with Gasteiger partial charge in [-0.2, -0.15) is 10.4 Å². The van der Waals surface area contributed by atoms with Gasteiger partial charge in [0.25, 0.3) is 6.47 Å². The predicted octanol–water partition coefficient (Wildman–Crippen LogP) is 0.530. The fourth-order valence-electron chi connectivity index (χ4n) is 3.35. The van der Waals surface area contributed by atoms with Crippen LogP contribution in [0.5, 0.6) is 0 Å². The number of likely N-dealkylation sites (tertiary alicyclic amines) is 1. The molecule has 1 amide bonds. The van der Waals surface area contributed by atoms with E-state index in [0.717, 1.165) is 51.3 Å². The molecular formula is C16H23N5O3. The van der Waals surface area contributed by atoms with E-state index in [9.17, 15) is 4.79 Å². The monoisotopic (exact) mass is 333 g/mol. The quantitative estimate of drug-likeness (QED) is 0.792. The van der Waals surface area contributed by atoms with E-state index < -0.39 is 0 Å². The molecule has 130 valence electrons. The number of amides is 1. The standard InChI is InChI=1S/C15H21N5O.CH2O2/c1-18-9-12(3-4-15(18)21)10-19-5-2-6-20-14(11-19)7-13(8-16)17-20;2-1-3/h7,12H,2-6,9-11H2,1H3;1H,(H,2,3). The fourth-order valence-corrected chi connectivity index (χ4v) is 3.35. The number of fused-ring (bicyclic) bond motifs is 1. The molecule has 3 rings (SSSR count). The number of piperidine rings is 1. The zero-order valence-corrected chi connectivity index (χ0v) is 13.9. The van der Waals surface area contributed by atoms with Gasteiger partial charge in [-0.05, 0) is 24.8 Å². The largest absolute Gasteiger partial charge is 0.483 e. The fraction of sp³-hybridized carbons (Fsp3) is 0.625. The van der Waals surface area contributed by atoms with Gasteiger partial charge in [0, 0.05) is 46.2 Å². The van der Waals surface area contributed by atoms with E-state index in [2.05, 4.69) is 16.1 Å². The average molecular weight is 333 g/mol. The molecule has 0 radical (unpaired) electrons. The number of hydrogen-bond acceptors (Lipinski definition) is 5. The highest BCUT2D eigenvalue weighted by Crippen LogP contribution is 2.20. The summed E-state index contributed by atoms with van der Waals surface area (Å²) in [5.41, 5.74) is 1.64. The second kappa shape index (κ2) is 8.45. The molecule has 0 saturated carbocycles. The maximum absolute atomic E-state index is 11.6. The van der Waals surface area contributed by atoms with Gasteiger partial charge in [0.1, 0.15) is 6.07 Å². The molecule has 1 fully saturated rings. The number of carbonyl (C=O) groups excluding carboxylic acids is 1. The Morgan fingerprint density at radius 1 is 1.50 bits per heavy atom. The van der Waals surface area contributed by atoms with Gasteiger partial charge in [0.2, 0.25) is 5.91 Å². The van der Waals surface area contributed by atoms with Gasteiger partial charge in [-0.1, -0.05) is 0 Å². The van der Waals surface area contributed by atoms with Crippen LogP contribution < -0.4 is 0 Å². The molecule has 0 aromatic carbocycles. The summed E-state index contributed by atoms with van der Waals surface area (Å²) in [5.74, 6) is 0.816. The molecule has 24 heavy (non-hydrogen) atoms. The van der Waals surface area contributed by atoms with Crippen molar-refractivity contribution in [3.63, 3.8) is 0 Å². The van der Waals surface area contributed by atoms with Crippen LogP contribution in [0, 0.1) is 17.2 Å². The van der Waals surface area contributed by atoms with Crippen molar-refractivity contribution >= 4 is 12.4 Å². The van der Waals surface area contributed by atoms with Crippen LogP contribution in [0.2, 0.25) is 0 Å². The number of nitrogens with zero attached hydrogens (tertiary/aromatic N) is 5. The van der Waals surface area contributed by atoms with Crippen LogP contribution in [0.25, 0.3) is 0 Å². The lowest BCUT2D eigenvalue weighted by Crippen LogP contribution is -2.41. The van der Waals surface area contributed by atoms with Crippen LogP contribution in [0.1, 0.15) is 30.7 Å². The Labute approximate surface area is 141 Å². The summed E-state index contributed by atoms with van der Waals surface area (Å²) in [6.07, 6.45) is 2.72. The third-order valence-electron chi connectivity index (χ3n) is 4.45. The summed E-state index contributed by atoms with van der Waals surface area (Å²) in [6, 6.07) is 4.01. The van der Waals surface area contributed by atoms with Gasteiger partial charge in [-0.3, -0.25) is 19.2 Å². The third kappa shape index (κ3) is 4.55. The van der Waals surface area contributed by atoms with Crippen LogP contribution in [0.4, 0.5) is 0 Å². The average Bonchev–Trinajstić information content (AvgIpc) is 2.84. The first kappa shape index (κ1) is 17.9. The van der Waals surface area contributed by atoms with Crippen LogP contribution >= 0.6 is 0 Å². The van der Waals surface area contributed by atoms with Crippen LogP contribution in [0.15, 0.2) is 6.07 Å². The highest BCUT2D eigenvalue weighted by molar-refractivity contribution is 5.76. The van der Waals surface area contributed by atoms with E-state index in [-0.39, 0.29) is 12.4 Å². The Kier molecular flexibility index (Phi) is 6.32. The smallest absolute Gasteiger partial charge is 0.290 e. The van der Waals surface area contributed by atoms with Crippen molar-refractivity contribution in [2.75, 3.05) is 26.7 Å². The maximum Gasteiger partial charge on any atom is 0.290 e. The molecule has 1 aromatic rings. The van der Waals surface area contributed by atoms with Gasteiger partial charge in [-0.15, -0.1) is 0 Å². The molecule has 1 aromatic heterocycles. The van der Waals surface area contributed by atoms with E-state index in [1.165, 1.54) is 0 Å². The Morgan fingerprint density at radius 3 is 2.92 bits per heavy atom. The normalized spacial score (nSPS) is 21.1. The molecule has 8 nitrogen and oxygen atoms in total. The van der Waals surface area contributed by atoms with Crippen LogP contribution in [-0.4, -0.2) is 63.7 Å². The number of carboxylic acid groups (broad SMARTS) is 1. The molecule has 0 spiro atoms. The van der Waals surface area contributed by atoms with Crippen LogP contribution in [0.3, 0.4) is 0 Å². The summed E-state index contributed by atoms with van der Waals surface area (Å²) in [7, 11) is 1.89. The molecule has 1 atom stereocenters. The van der Waals surface area contributed by atoms with Crippen molar-refractivity contribution in [2.45, 2.75) is 32.4 Å². The molecular weight excluding hydrogens is 310 g/mol. The van der Waals surface area contributed by atoms with Gasteiger partial charge in [-0.25, -0.2) is 0 Å². The third-order valence-corrected chi connectivity index (χ3v) is 4.45. The summed E-state index contributed by atoms with van der Waals surface area (Å²) in [6.45, 7) is 4.42. The van der Waals surface area contributed by atoms with E-state index in [4.69, 9.17) is 15.2 Å². The summed E-state index contributed by atoms with van der Waals surface area (Å²) in [4.78, 5) is 24.2. The summed E-state index contributed by atoms with van der Waals surface area (Å²) >= 11 is 0. The predicted molar refractivity (Wildman–Crippen MR) is 85.9 cm³/mol. The zero-order valence-electron chi connectivity index (χ0n) is 13.9. The van der Waals surface area contributed by atoms with Crippen molar-refractivity contribution in [1.82, 2.24) is 19.6 Å². The lowest BCUT2D eigenvalue weighted by molar-refractivity contribution is -0.133. The molecule has 0 aliphatic carbocycles. The second-order valence-corrected chi connectivity index (χ2v) is 6.23. The molecule has 2 aliphatic rings. The number of aryl methyl sites for hydroxylation is 1. The van der Waals surface area contributed by atoms with Crippen molar-refractivity contribution < 1.29 is 14.7 Å². The van der Waals surface area contributed by atoms with Crippen molar-refractivity contribution in [3.05, 3.63) is 17.5 Å². The highest BCUT2D eigenvalue weighted by atomic mass is 16.3. The number of rotatable bonds is 2. The maximum atomic E-state index is 11.6. The van der Waals surface area contributed by atoms with Gasteiger partial charge in [0.05, 0.1) is 5.69 Å². The first-order valence-corrected chi connectivity index (χ1v) is 8.08. The van der Waals surface area contributed by atoms with Gasteiger partial charge >= 0.3 is 0 Å². The Balaban J connectivity index is 0.000000647. The molecule has 3 heterocycles. The number of nitriles is 1. The summed E-state index contributed by atoms with van der Waals surface area (Å²) in [5, 5.41) is 20.2. The minimum Gasteiger partial charge on any atom is -0.483 e. The Morgan fingerprint density at radius 2 is 2.25 bits per heavy atom. The summed E-state index contributed by atoms with van der Waals surface area (Å²) < 4.78 is 1.97. The van der Waals surface area contributed by atoms with E-state index >= 15 is 0 Å². The molecule has 0 bridgehead atoms. The van der Waals surface area contributed by atoms with Crippen molar-refractivity contribution in [3.8, 4) is 6.07 Å². The molecule has 1 unspecified atom stereocenters. The van der Waals surface area contributed by atoms with Crippen molar-refractivity contribution in [2.24, 2.45) is 5.92 Å². The minimum absolute atomic E-state index is 0.250. The Bertz CT molecular complexity index is 622. The molecule has 1 N–H and O–H groups in total. The lowest BCUT2D eigenvalue weighted by Gasteiger charge is -2.33. The number of carbonyl (C=O) groups is 2. The van der Waals surface area contributed by atoms with E-state index in [0.29, 0.717) is 18.0 Å². The molecule has 8 heteroatoms. The van der Waals surface area contributed by atoms with Crippen LogP contribution in [-0.2, 0) is 22.7 Å². The highest BCUT2D eigenvalue weighted by Gasteiger charge is 2.26. The van der Waals surface area contributed by atoms with Gasteiger partial charge < -0.3 is 10.0 Å². The second-order valence-electron chi connectivity index (χ2n) is 6.23. The number of aromatic nitrogens is 2. The zero-order chi connectivity index (χ0) is 17.5. The molecule has 1 saturated heterocycles. The topological polar surface area (TPSA) is 102 Å². The first-order valence-electron chi connectivity index (χ1n) is 8.08. The SMILES string of the molecule is CN1CC(CN2CCCn3nc(C#N)cc3C2)CCC1=O.O=CO. The van der Waals surface area contributed by atoms with Gasteiger partial charge in [0.15, 0.2) is 5.69 Å². The van der Waals surface area contributed by atoms with Crippen molar-refractivity contribution in [1.29, 1.82) is 5.26 Å². The molecule has 2 aliphatic heterocycles. The first-order chi connectivity index (χ1) is 11.6. The number of hydrogen-bond donors (Lipinski definition) is 1. The van der Waals surface area contributed by atoms with E-state index in [1.54, 1.807) is 0 Å².